The van der Waals surface area contributed by atoms with Crippen LogP contribution in [0.1, 0.15) is 5.56 Å². The van der Waals surface area contributed by atoms with Crippen LogP contribution in [0.25, 0.3) is 11.3 Å². The summed E-state index contributed by atoms with van der Waals surface area (Å²) in [5, 5.41) is 8.71. The molecule has 0 fully saturated rings. The van der Waals surface area contributed by atoms with E-state index in [0.29, 0.717) is 10.2 Å². The molecule has 0 amide bonds. The average Bonchev–Trinajstić information content (AvgIpc) is 2.32. The van der Waals surface area contributed by atoms with Crippen molar-refractivity contribution in [3.8, 4) is 17.3 Å². The van der Waals surface area contributed by atoms with Gasteiger partial charge in [0.1, 0.15) is 11.6 Å². The molecule has 0 aliphatic heterocycles. The predicted molar refractivity (Wildman–Crippen MR) is 64.9 cm³/mol. The molecule has 0 aliphatic rings. The molecule has 2 rings (SSSR count). The van der Waals surface area contributed by atoms with Crippen LogP contribution >= 0.6 is 15.9 Å². The molecule has 0 atom stereocenters. The first-order valence-electron chi connectivity index (χ1n) is 4.60. The van der Waals surface area contributed by atoms with Gasteiger partial charge in [-0.25, -0.2) is 0 Å². The quantitative estimate of drug-likeness (QED) is 0.869. The van der Waals surface area contributed by atoms with E-state index in [1.165, 1.54) is 6.07 Å². The molecule has 0 saturated carbocycles. The minimum Gasteiger partial charge on any atom is -0.320 e. The van der Waals surface area contributed by atoms with Crippen molar-refractivity contribution >= 4 is 15.9 Å². The number of halogens is 1. The number of pyridine rings is 1. The van der Waals surface area contributed by atoms with E-state index >= 15 is 0 Å². The third-order valence-electron chi connectivity index (χ3n) is 2.18. The van der Waals surface area contributed by atoms with E-state index in [9.17, 15) is 4.79 Å². The number of hydrogen-bond donors (Lipinski definition) is 1. The first-order chi connectivity index (χ1) is 7.72. The summed E-state index contributed by atoms with van der Waals surface area (Å²) in [5.74, 6) is 0. The second-order valence-corrected chi connectivity index (χ2v) is 4.07. The van der Waals surface area contributed by atoms with Crippen molar-refractivity contribution in [3.63, 3.8) is 0 Å². The summed E-state index contributed by atoms with van der Waals surface area (Å²) in [6, 6.07) is 12.8. The maximum Gasteiger partial charge on any atom is 0.266 e. The molecule has 3 nitrogen and oxygen atoms in total. The minimum absolute atomic E-state index is 0.103. The molecule has 78 valence electrons. The standard InChI is InChI=1S/C12H7BrN2O/c13-10-6-9(7-14)12(16)15-11(10)8-4-2-1-3-5-8/h1-6H,(H,15,16). The van der Waals surface area contributed by atoms with Crippen LogP contribution in [-0.2, 0) is 0 Å². The van der Waals surface area contributed by atoms with E-state index < -0.39 is 0 Å². The van der Waals surface area contributed by atoms with Gasteiger partial charge >= 0.3 is 0 Å². The summed E-state index contributed by atoms with van der Waals surface area (Å²) < 4.78 is 0.704. The summed E-state index contributed by atoms with van der Waals surface area (Å²) in [4.78, 5) is 14.2. The first kappa shape index (κ1) is 10.7. The summed E-state index contributed by atoms with van der Waals surface area (Å²) in [5.41, 5.74) is 1.32. The molecule has 1 N–H and O–H groups in total. The Morgan fingerprint density at radius 1 is 1.25 bits per heavy atom. The third-order valence-corrected chi connectivity index (χ3v) is 2.80. The second-order valence-electron chi connectivity index (χ2n) is 3.21. The molecule has 0 spiro atoms. The van der Waals surface area contributed by atoms with Crippen molar-refractivity contribution in [2.24, 2.45) is 0 Å². The Balaban J connectivity index is 2.65. The van der Waals surface area contributed by atoms with Gasteiger partial charge in [0.15, 0.2) is 0 Å². The summed E-state index contributed by atoms with van der Waals surface area (Å²) in [6.45, 7) is 0. The number of benzene rings is 1. The fourth-order valence-electron chi connectivity index (χ4n) is 1.40. The maximum absolute atomic E-state index is 11.5. The van der Waals surface area contributed by atoms with Gasteiger partial charge in [0.05, 0.1) is 5.69 Å². The SMILES string of the molecule is N#Cc1cc(Br)c(-c2ccccc2)[nH]c1=O. The zero-order valence-electron chi connectivity index (χ0n) is 8.20. The van der Waals surface area contributed by atoms with Crippen molar-refractivity contribution in [1.29, 1.82) is 5.26 Å². The fourth-order valence-corrected chi connectivity index (χ4v) is 1.96. The molecule has 1 aromatic carbocycles. The second kappa shape index (κ2) is 4.33. The topological polar surface area (TPSA) is 56.6 Å². The van der Waals surface area contributed by atoms with Crippen LogP contribution in [0, 0.1) is 11.3 Å². The molecule has 0 saturated heterocycles. The minimum atomic E-state index is -0.371. The average molecular weight is 275 g/mol. The van der Waals surface area contributed by atoms with Crippen molar-refractivity contribution in [3.05, 3.63) is 56.8 Å². The number of H-pyrrole nitrogens is 1. The highest BCUT2D eigenvalue weighted by atomic mass is 79.9. The number of nitrogens with zero attached hydrogens (tertiary/aromatic N) is 1. The molecule has 16 heavy (non-hydrogen) atoms. The highest BCUT2D eigenvalue weighted by Gasteiger charge is 2.07. The zero-order chi connectivity index (χ0) is 11.5. The van der Waals surface area contributed by atoms with Crippen LogP contribution in [0.4, 0.5) is 0 Å². The van der Waals surface area contributed by atoms with Crippen LogP contribution in [-0.4, -0.2) is 4.98 Å². The molecule has 2 aromatic rings. The number of nitriles is 1. The lowest BCUT2D eigenvalue weighted by Gasteiger charge is -2.04. The molecular weight excluding hydrogens is 268 g/mol. The maximum atomic E-state index is 11.5. The van der Waals surface area contributed by atoms with Gasteiger partial charge in [0.25, 0.3) is 5.56 Å². The van der Waals surface area contributed by atoms with E-state index in [-0.39, 0.29) is 11.1 Å². The Labute approximate surface area is 100 Å². The van der Waals surface area contributed by atoms with Gasteiger partial charge in [0.2, 0.25) is 0 Å². The number of hydrogen-bond acceptors (Lipinski definition) is 2. The number of rotatable bonds is 1. The van der Waals surface area contributed by atoms with Crippen LogP contribution in [0.2, 0.25) is 0 Å². The Hall–Kier alpha value is -1.86. The van der Waals surface area contributed by atoms with Crippen LogP contribution < -0.4 is 5.56 Å². The Morgan fingerprint density at radius 2 is 1.94 bits per heavy atom. The lowest BCUT2D eigenvalue weighted by Crippen LogP contribution is -2.11. The highest BCUT2D eigenvalue weighted by Crippen LogP contribution is 2.24. The normalized spacial score (nSPS) is 9.75. The largest absolute Gasteiger partial charge is 0.320 e. The van der Waals surface area contributed by atoms with Gasteiger partial charge in [-0.15, -0.1) is 0 Å². The van der Waals surface area contributed by atoms with Crippen LogP contribution in [0.15, 0.2) is 45.7 Å². The van der Waals surface area contributed by atoms with Gasteiger partial charge in [-0.3, -0.25) is 4.79 Å². The molecule has 0 radical (unpaired) electrons. The van der Waals surface area contributed by atoms with Crippen molar-refractivity contribution in [2.45, 2.75) is 0 Å². The van der Waals surface area contributed by atoms with E-state index in [1.54, 1.807) is 0 Å². The van der Waals surface area contributed by atoms with Crippen LogP contribution in [0.3, 0.4) is 0 Å². The molecule has 1 aromatic heterocycles. The summed E-state index contributed by atoms with van der Waals surface area (Å²) >= 11 is 3.34. The molecule has 0 aliphatic carbocycles. The lowest BCUT2D eigenvalue weighted by molar-refractivity contribution is 1.20. The van der Waals surface area contributed by atoms with E-state index in [0.717, 1.165) is 5.56 Å². The molecular formula is C12H7BrN2O. The van der Waals surface area contributed by atoms with Crippen molar-refractivity contribution in [2.75, 3.05) is 0 Å². The molecule has 1 heterocycles. The van der Waals surface area contributed by atoms with Crippen LogP contribution in [0.5, 0.6) is 0 Å². The number of nitrogens with one attached hydrogen (secondary N) is 1. The molecule has 4 heteroatoms. The van der Waals surface area contributed by atoms with Crippen molar-refractivity contribution < 1.29 is 0 Å². The van der Waals surface area contributed by atoms with Gasteiger partial charge in [-0.1, -0.05) is 30.3 Å². The summed E-state index contributed by atoms with van der Waals surface area (Å²) in [6.07, 6.45) is 0. The highest BCUT2D eigenvalue weighted by molar-refractivity contribution is 9.10. The Morgan fingerprint density at radius 3 is 2.56 bits per heavy atom. The Bertz CT molecular complexity index is 611. The third kappa shape index (κ3) is 1.90. The van der Waals surface area contributed by atoms with E-state index in [4.69, 9.17) is 5.26 Å². The van der Waals surface area contributed by atoms with Gasteiger partial charge in [-0.05, 0) is 27.6 Å². The molecule has 0 bridgehead atoms. The van der Waals surface area contributed by atoms with Gasteiger partial charge in [-0.2, -0.15) is 5.26 Å². The fraction of sp³-hybridized carbons (Fsp3) is 0. The lowest BCUT2D eigenvalue weighted by atomic mass is 10.1. The first-order valence-corrected chi connectivity index (χ1v) is 5.40. The monoisotopic (exact) mass is 274 g/mol. The summed E-state index contributed by atoms with van der Waals surface area (Å²) in [7, 11) is 0. The predicted octanol–water partition coefficient (Wildman–Crippen LogP) is 2.68. The Kier molecular flexibility index (Phi) is 2.88. The van der Waals surface area contributed by atoms with Gasteiger partial charge < -0.3 is 4.98 Å². The van der Waals surface area contributed by atoms with E-state index in [1.807, 2.05) is 36.4 Å². The number of aromatic amines is 1. The molecule has 0 unspecified atom stereocenters. The zero-order valence-corrected chi connectivity index (χ0v) is 9.78. The van der Waals surface area contributed by atoms with Gasteiger partial charge in [0, 0.05) is 4.47 Å². The smallest absolute Gasteiger partial charge is 0.266 e. The van der Waals surface area contributed by atoms with Crippen molar-refractivity contribution in [1.82, 2.24) is 4.98 Å². The number of aromatic nitrogens is 1. The van der Waals surface area contributed by atoms with E-state index in [2.05, 4.69) is 20.9 Å².